The van der Waals surface area contributed by atoms with E-state index in [1.54, 1.807) is 17.8 Å². The minimum Gasteiger partial charge on any atom is -0.545 e. The molecule has 0 spiro atoms. The molecular formula is C34H35F4LiN8O4. The molecule has 4 aromatic heterocycles. The number of carbonyl (C=O) groups excluding carboxylic acids is 2. The van der Waals surface area contributed by atoms with Crippen molar-refractivity contribution >= 4 is 23.6 Å². The van der Waals surface area contributed by atoms with Gasteiger partial charge in [0, 0.05) is 55.5 Å². The zero-order valence-corrected chi connectivity index (χ0v) is 28.6. The molecular weight excluding hydrogens is 667 g/mol. The smallest absolute Gasteiger partial charge is 0.545 e. The number of aryl methyl sites for hydroxylation is 2. The van der Waals surface area contributed by atoms with Gasteiger partial charge < -0.3 is 24.4 Å². The number of anilines is 2. The molecule has 2 saturated heterocycles. The number of nitrogens with zero attached hydrogens (tertiary/aromatic N) is 8. The van der Waals surface area contributed by atoms with Crippen LogP contribution in [0.3, 0.4) is 0 Å². The SMILES string of the molecule is CCOC(=O)c1cnn(Cc2ccc(N3CC4C(C3)C4(F)F)nc2C)c1.Cc1nc(N2CC3C(C2)C3(F)F)ccc1Cn1cc(C(=O)[O-])cn1.[Li+]. The van der Waals surface area contributed by atoms with E-state index in [4.69, 9.17) is 4.74 Å². The minimum atomic E-state index is -2.50. The first-order valence-corrected chi connectivity index (χ1v) is 16.4. The molecule has 2 aliphatic heterocycles. The van der Waals surface area contributed by atoms with Gasteiger partial charge in [0.05, 0.1) is 67.3 Å². The summed E-state index contributed by atoms with van der Waals surface area (Å²) in [5.41, 5.74) is 3.87. The molecule has 0 radical (unpaired) electrons. The van der Waals surface area contributed by atoms with E-state index < -0.39 is 47.5 Å². The first kappa shape index (κ1) is 36.4. The zero-order chi connectivity index (χ0) is 35.5. The molecule has 4 atom stereocenters. The van der Waals surface area contributed by atoms with E-state index in [9.17, 15) is 32.3 Å². The third kappa shape index (κ3) is 7.08. The van der Waals surface area contributed by atoms with Crippen LogP contribution in [0, 0.1) is 37.5 Å². The van der Waals surface area contributed by atoms with Crippen LogP contribution < -0.4 is 33.8 Å². The van der Waals surface area contributed by atoms with Crippen molar-refractivity contribution in [1.82, 2.24) is 29.5 Å². The number of halogens is 4. The van der Waals surface area contributed by atoms with Gasteiger partial charge in [0.2, 0.25) is 0 Å². The van der Waals surface area contributed by atoms with Gasteiger partial charge in [0.1, 0.15) is 11.6 Å². The maximum Gasteiger partial charge on any atom is 1.00 e. The summed E-state index contributed by atoms with van der Waals surface area (Å²) >= 11 is 0. The average molecular weight is 703 g/mol. The summed E-state index contributed by atoms with van der Waals surface area (Å²) in [6, 6.07) is 7.49. The molecule has 12 nitrogen and oxygen atoms in total. The number of fused-ring (bicyclic) bond motifs is 2. The Morgan fingerprint density at radius 3 is 1.55 bits per heavy atom. The molecule has 4 aromatic rings. The number of carboxylic acids is 1. The minimum absolute atomic E-state index is 0. The number of piperidine rings is 2. The summed E-state index contributed by atoms with van der Waals surface area (Å²) in [4.78, 5) is 35.4. The molecule has 4 unspecified atom stereocenters. The zero-order valence-electron chi connectivity index (χ0n) is 28.6. The van der Waals surface area contributed by atoms with E-state index in [1.807, 2.05) is 47.9 Å². The van der Waals surface area contributed by atoms with Crippen LogP contribution in [0.5, 0.6) is 0 Å². The molecule has 2 aliphatic carbocycles. The van der Waals surface area contributed by atoms with Crippen molar-refractivity contribution in [2.75, 3.05) is 42.6 Å². The number of carboxylic acid groups (broad SMARTS) is 1. The third-order valence-electron chi connectivity index (χ3n) is 10.1. The number of ether oxygens (including phenoxy) is 1. The molecule has 0 N–H and O–H groups in total. The summed E-state index contributed by atoms with van der Waals surface area (Å²) in [5, 5.41) is 18.9. The number of esters is 1. The molecule has 4 fully saturated rings. The summed E-state index contributed by atoms with van der Waals surface area (Å²) < 4.78 is 61.3. The molecule has 51 heavy (non-hydrogen) atoms. The topological polar surface area (TPSA) is 134 Å². The Hall–Kier alpha value is -4.42. The summed E-state index contributed by atoms with van der Waals surface area (Å²) in [6.07, 6.45) is 5.76. The van der Waals surface area contributed by atoms with Crippen LogP contribution in [0.4, 0.5) is 29.2 Å². The van der Waals surface area contributed by atoms with E-state index in [0.29, 0.717) is 57.3 Å². The van der Waals surface area contributed by atoms with Crippen molar-refractivity contribution in [1.29, 1.82) is 0 Å². The molecule has 0 aromatic carbocycles. The molecule has 17 heteroatoms. The largest absolute Gasteiger partial charge is 1.00 e. The van der Waals surface area contributed by atoms with Crippen molar-refractivity contribution in [3.8, 4) is 0 Å². The van der Waals surface area contributed by atoms with Gasteiger partial charge in [-0.1, -0.05) is 12.1 Å². The number of alkyl halides is 4. The number of aromatic carboxylic acids is 1. The summed E-state index contributed by atoms with van der Waals surface area (Å²) in [7, 11) is 0. The predicted octanol–water partition coefficient (Wildman–Crippen LogP) is 0.216. The average Bonchev–Trinajstić information content (AvgIpc) is 3.65. The maximum absolute atomic E-state index is 13.3. The van der Waals surface area contributed by atoms with Crippen LogP contribution in [-0.4, -0.2) is 86.1 Å². The van der Waals surface area contributed by atoms with Crippen LogP contribution in [0.15, 0.2) is 49.1 Å². The fourth-order valence-corrected chi connectivity index (χ4v) is 6.90. The van der Waals surface area contributed by atoms with Gasteiger partial charge in [0.15, 0.2) is 0 Å². The Balaban J connectivity index is 0.000000173. The van der Waals surface area contributed by atoms with Gasteiger partial charge in [0.25, 0.3) is 11.8 Å². The van der Waals surface area contributed by atoms with Gasteiger partial charge in [-0.3, -0.25) is 9.36 Å². The van der Waals surface area contributed by atoms with Crippen LogP contribution in [-0.2, 0) is 17.8 Å². The quantitative estimate of drug-likeness (QED) is 0.136. The third-order valence-corrected chi connectivity index (χ3v) is 10.1. The van der Waals surface area contributed by atoms with Crippen molar-refractivity contribution in [3.05, 3.63) is 82.7 Å². The number of hydrogen-bond donors (Lipinski definition) is 0. The summed E-state index contributed by atoms with van der Waals surface area (Å²) in [6.45, 7) is 8.08. The standard InChI is InChI=1S/C18H20F2N4O2.C16H16F2N4O2.Li/c1-3-26-17(25)13-6-21-24(8-13)7-12-4-5-16(22-11(12)2)23-9-14-15(10-23)18(14,19)20;1-9-10(5-22-6-11(4-19-22)15(23)24)2-3-14(20-9)21-7-12-13(8-21)16(12,17)18;/h4-6,8,14-15H,3,7,9-10H2,1-2H3;2-4,6,12-13H,5,7-8H2,1H3,(H,23,24);/q;;+1/p-1. The Bertz CT molecular complexity index is 1930. The first-order chi connectivity index (χ1) is 23.8. The molecule has 4 aliphatic rings. The maximum atomic E-state index is 13.3. The first-order valence-electron chi connectivity index (χ1n) is 16.4. The summed E-state index contributed by atoms with van der Waals surface area (Å²) in [5.74, 6) is -7.31. The van der Waals surface area contributed by atoms with Gasteiger partial charge in [-0.25, -0.2) is 32.3 Å². The predicted molar refractivity (Wildman–Crippen MR) is 169 cm³/mol. The monoisotopic (exact) mass is 702 g/mol. The van der Waals surface area contributed by atoms with Crippen LogP contribution in [0.1, 0.15) is 50.2 Å². The number of aromatic nitrogens is 6. The van der Waals surface area contributed by atoms with Crippen molar-refractivity contribution < 1.29 is 55.9 Å². The van der Waals surface area contributed by atoms with Gasteiger partial charge in [-0.05, 0) is 44.0 Å². The molecule has 2 saturated carbocycles. The number of rotatable bonds is 9. The van der Waals surface area contributed by atoms with Crippen LogP contribution >= 0.6 is 0 Å². The van der Waals surface area contributed by atoms with E-state index in [1.165, 1.54) is 23.3 Å². The van der Waals surface area contributed by atoms with Crippen LogP contribution in [0.25, 0.3) is 0 Å². The Kier molecular flexibility index (Phi) is 9.71. The fraction of sp³-hybridized carbons (Fsp3) is 0.471. The Morgan fingerprint density at radius 2 is 1.18 bits per heavy atom. The second-order valence-corrected chi connectivity index (χ2v) is 13.3. The number of hydrogen-bond acceptors (Lipinski definition) is 10. The Labute approximate surface area is 303 Å². The van der Waals surface area contributed by atoms with E-state index >= 15 is 0 Å². The normalized spacial score (nSPS) is 23.0. The van der Waals surface area contributed by atoms with E-state index in [2.05, 4.69) is 20.2 Å². The van der Waals surface area contributed by atoms with Crippen molar-refractivity contribution in [2.24, 2.45) is 23.7 Å². The van der Waals surface area contributed by atoms with Crippen LogP contribution in [0.2, 0.25) is 0 Å². The van der Waals surface area contributed by atoms with Gasteiger partial charge in [-0.2, -0.15) is 10.2 Å². The molecule has 0 amide bonds. The van der Waals surface area contributed by atoms with Crippen molar-refractivity contribution in [3.63, 3.8) is 0 Å². The number of carbonyl (C=O) groups is 2. The molecule has 8 rings (SSSR count). The molecule has 264 valence electrons. The Morgan fingerprint density at radius 1 is 0.765 bits per heavy atom. The van der Waals surface area contributed by atoms with E-state index in [-0.39, 0.29) is 24.4 Å². The second-order valence-electron chi connectivity index (χ2n) is 13.3. The van der Waals surface area contributed by atoms with E-state index in [0.717, 1.165) is 28.3 Å². The van der Waals surface area contributed by atoms with Gasteiger partial charge in [-0.15, -0.1) is 0 Å². The number of pyridine rings is 2. The second kappa shape index (κ2) is 13.6. The molecule has 6 heterocycles. The fourth-order valence-electron chi connectivity index (χ4n) is 6.90. The molecule has 0 bridgehead atoms. The van der Waals surface area contributed by atoms with Crippen molar-refractivity contribution in [2.45, 2.75) is 45.7 Å². The van der Waals surface area contributed by atoms with Gasteiger partial charge >= 0.3 is 24.8 Å².